The number of halogens is 1. The lowest BCUT2D eigenvalue weighted by molar-refractivity contribution is 0.192. The average Bonchev–Trinajstić information content (AvgIpc) is 3.21. The molecule has 0 aliphatic carbocycles. The zero-order chi connectivity index (χ0) is 22.0. The topological polar surface area (TPSA) is 75.9 Å². The van der Waals surface area contributed by atoms with E-state index in [9.17, 15) is 0 Å². The van der Waals surface area contributed by atoms with Crippen molar-refractivity contribution in [2.45, 2.75) is 39.2 Å². The van der Waals surface area contributed by atoms with Crippen LogP contribution in [0.2, 0.25) is 0 Å². The number of likely N-dealkylation sites (tertiary alicyclic amines) is 1. The van der Waals surface area contributed by atoms with Crippen molar-refractivity contribution in [2.75, 3.05) is 51.3 Å². The van der Waals surface area contributed by atoms with Crippen LogP contribution >= 0.6 is 24.0 Å². The third-order valence-corrected chi connectivity index (χ3v) is 5.98. The Labute approximate surface area is 214 Å². The van der Waals surface area contributed by atoms with Crippen LogP contribution in [0.4, 0.5) is 5.69 Å². The Bertz CT molecular complexity index is 853. The summed E-state index contributed by atoms with van der Waals surface area (Å²) in [5.41, 5.74) is 0.935. The van der Waals surface area contributed by atoms with Gasteiger partial charge in [0, 0.05) is 43.7 Å². The Hall–Kier alpha value is -2.01. The van der Waals surface area contributed by atoms with Gasteiger partial charge in [-0.3, -0.25) is 9.67 Å². The number of fused-ring (bicyclic) bond motifs is 1. The summed E-state index contributed by atoms with van der Waals surface area (Å²) in [5, 5.41) is 11.1. The quantitative estimate of drug-likeness (QED) is 0.218. The molecule has 1 aromatic heterocycles. The predicted octanol–water partition coefficient (Wildman–Crippen LogP) is 3.84. The molecule has 33 heavy (non-hydrogen) atoms. The molecule has 2 N–H and O–H groups in total. The van der Waals surface area contributed by atoms with E-state index in [4.69, 9.17) is 14.5 Å². The van der Waals surface area contributed by atoms with Crippen LogP contribution in [0.1, 0.15) is 32.6 Å². The summed E-state index contributed by atoms with van der Waals surface area (Å²) in [6.07, 6.45) is 8.35. The number of anilines is 1. The van der Waals surface area contributed by atoms with E-state index >= 15 is 0 Å². The van der Waals surface area contributed by atoms with Gasteiger partial charge in [-0.25, -0.2) is 0 Å². The molecule has 1 aromatic carbocycles. The highest BCUT2D eigenvalue weighted by atomic mass is 127. The second kappa shape index (κ2) is 13.6. The van der Waals surface area contributed by atoms with Crippen molar-refractivity contribution < 1.29 is 9.47 Å². The molecule has 0 unspecified atom stereocenters. The number of nitrogens with zero attached hydrogens (tertiary/aromatic N) is 4. The largest absolute Gasteiger partial charge is 0.490 e. The van der Waals surface area contributed by atoms with Gasteiger partial charge in [-0.15, -0.1) is 24.0 Å². The summed E-state index contributed by atoms with van der Waals surface area (Å²) >= 11 is 0. The number of ether oxygens (including phenoxy) is 2. The van der Waals surface area contributed by atoms with Crippen molar-refractivity contribution in [1.29, 1.82) is 0 Å². The minimum atomic E-state index is 0. The van der Waals surface area contributed by atoms with Crippen LogP contribution < -0.4 is 20.1 Å². The first kappa shape index (κ1) is 25.6. The molecule has 9 heteroatoms. The van der Waals surface area contributed by atoms with Crippen molar-refractivity contribution in [3.05, 3.63) is 36.7 Å². The fourth-order valence-corrected chi connectivity index (χ4v) is 4.01. The molecule has 0 radical (unpaired) electrons. The van der Waals surface area contributed by atoms with Gasteiger partial charge in [0.15, 0.2) is 17.5 Å². The van der Waals surface area contributed by atoms with E-state index in [0.717, 1.165) is 68.1 Å². The Balaban J connectivity index is 0.00000306. The summed E-state index contributed by atoms with van der Waals surface area (Å²) < 4.78 is 13.5. The summed E-state index contributed by atoms with van der Waals surface area (Å²) in [6.45, 7) is 9.57. The minimum absolute atomic E-state index is 0. The summed E-state index contributed by atoms with van der Waals surface area (Å²) in [6, 6.07) is 7.89. The molecule has 2 aliphatic heterocycles. The number of aliphatic imine (C=N–C) groups is 1. The molecule has 0 saturated carbocycles. The zero-order valence-corrected chi connectivity index (χ0v) is 21.9. The van der Waals surface area contributed by atoms with Gasteiger partial charge < -0.3 is 25.0 Å². The lowest BCUT2D eigenvalue weighted by atomic mass is 9.99. The van der Waals surface area contributed by atoms with Gasteiger partial charge >= 0.3 is 0 Å². The number of nitrogens with one attached hydrogen (secondary N) is 2. The summed E-state index contributed by atoms with van der Waals surface area (Å²) in [5.74, 6) is 3.23. The number of rotatable bonds is 8. The third kappa shape index (κ3) is 8.37. The van der Waals surface area contributed by atoms with Crippen molar-refractivity contribution in [2.24, 2.45) is 10.9 Å². The Kier molecular flexibility index (Phi) is 10.6. The molecule has 0 spiro atoms. The highest BCUT2D eigenvalue weighted by Gasteiger charge is 2.15. The molecule has 2 aliphatic rings. The minimum Gasteiger partial charge on any atom is -0.490 e. The first-order valence-electron chi connectivity index (χ1n) is 11.9. The fourth-order valence-electron chi connectivity index (χ4n) is 4.01. The highest BCUT2D eigenvalue weighted by molar-refractivity contribution is 14.0. The van der Waals surface area contributed by atoms with Crippen LogP contribution in [0.3, 0.4) is 0 Å². The van der Waals surface area contributed by atoms with Gasteiger partial charge in [0.1, 0.15) is 0 Å². The van der Waals surface area contributed by atoms with Gasteiger partial charge in [0.2, 0.25) is 0 Å². The van der Waals surface area contributed by atoms with E-state index in [1.807, 2.05) is 35.1 Å². The fraction of sp³-hybridized carbons (Fsp3) is 0.583. The maximum absolute atomic E-state index is 5.83. The van der Waals surface area contributed by atoms with Crippen molar-refractivity contribution in [3.8, 4) is 11.5 Å². The molecule has 8 nitrogen and oxygen atoms in total. The van der Waals surface area contributed by atoms with E-state index < -0.39 is 0 Å². The molecule has 0 amide bonds. The standard InChI is InChI=1S/C24H36N6O2.HI/c1-20-7-14-29(15-8-20)12-2-9-25-24(26-11-16-30-13-3-10-27-30)28-21-5-6-22-23(19-21)32-18-4-17-31-22;/h3,5-6,10,13,19-20H,2,4,7-9,11-12,14-18H2,1H3,(H2,25,26,28);1H. The molecule has 4 rings (SSSR count). The molecule has 0 atom stereocenters. The number of guanidine groups is 1. The van der Waals surface area contributed by atoms with Crippen LogP contribution in [0, 0.1) is 5.92 Å². The van der Waals surface area contributed by atoms with E-state index in [0.29, 0.717) is 13.2 Å². The second-order valence-electron chi connectivity index (χ2n) is 8.64. The Morgan fingerprint density at radius 2 is 1.97 bits per heavy atom. The van der Waals surface area contributed by atoms with Gasteiger partial charge in [0.05, 0.1) is 19.8 Å². The average molecular weight is 569 g/mol. The maximum Gasteiger partial charge on any atom is 0.195 e. The molecule has 1 fully saturated rings. The molecule has 182 valence electrons. The maximum atomic E-state index is 5.83. The molecular weight excluding hydrogens is 531 g/mol. The van der Waals surface area contributed by atoms with E-state index in [2.05, 4.69) is 27.6 Å². The second-order valence-corrected chi connectivity index (χ2v) is 8.64. The van der Waals surface area contributed by atoms with Crippen LogP contribution in [-0.2, 0) is 6.54 Å². The van der Waals surface area contributed by atoms with Crippen molar-refractivity contribution in [1.82, 2.24) is 20.0 Å². The molecule has 2 aromatic rings. The van der Waals surface area contributed by atoms with E-state index in [-0.39, 0.29) is 24.0 Å². The summed E-state index contributed by atoms with van der Waals surface area (Å²) in [7, 11) is 0. The van der Waals surface area contributed by atoms with Crippen LogP contribution in [0.25, 0.3) is 0 Å². The van der Waals surface area contributed by atoms with Gasteiger partial charge in [0.25, 0.3) is 0 Å². The first-order chi connectivity index (χ1) is 15.8. The number of benzene rings is 1. The lowest BCUT2D eigenvalue weighted by Crippen LogP contribution is -2.35. The van der Waals surface area contributed by atoms with Crippen LogP contribution in [-0.4, -0.2) is 66.6 Å². The van der Waals surface area contributed by atoms with E-state index in [1.165, 1.54) is 25.9 Å². The SMILES string of the molecule is CC1CCN(CCCN=C(NCCn2cccn2)Nc2ccc3c(c2)OCCCO3)CC1.I. The Morgan fingerprint density at radius 1 is 1.15 bits per heavy atom. The highest BCUT2D eigenvalue weighted by Crippen LogP contribution is 2.32. The molecule has 3 heterocycles. The molecular formula is C24H37IN6O2. The first-order valence-corrected chi connectivity index (χ1v) is 11.9. The summed E-state index contributed by atoms with van der Waals surface area (Å²) in [4.78, 5) is 7.40. The number of aromatic nitrogens is 2. The van der Waals surface area contributed by atoms with Crippen molar-refractivity contribution in [3.63, 3.8) is 0 Å². The van der Waals surface area contributed by atoms with Gasteiger partial charge in [-0.05, 0) is 63.0 Å². The monoisotopic (exact) mass is 568 g/mol. The predicted molar refractivity (Wildman–Crippen MR) is 143 cm³/mol. The smallest absolute Gasteiger partial charge is 0.195 e. The Morgan fingerprint density at radius 3 is 2.76 bits per heavy atom. The number of hydrogen-bond acceptors (Lipinski definition) is 5. The van der Waals surface area contributed by atoms with E-state index in [1.54, 1.807) is 6.20 Å². The normalized spacial score (nSPS) is 17.2. The van der Waals surface area contributed by atoms with Gasteiger partial charge in [-0.1, -0.05) is 6.92 Å². The van der Waals surface area contributed by atoms with Gasteiger partial charge in [-0.2, -0.15) is 5.10 Å². The van der Waals surface area contributed by atoms with Crippen LogP contribution in [0.15, 0.2) is 41.7 Å². The lowest BCUT2D eigenvalue weighted by Gasteiger charge is -2.29. The molecule has 1 saturated heterocycles. The zero-order valence-electron chi connectivity index (χ0n) is 19.5. The number of hydrogen-bond donors (Lipinski definition) is 2. The molecule has 0 bridgehead atoms. The third-order valence-electron chi connectivity index (χ3n) is 5.98. The van der Waals surface area contributed by atoms with Crippen LogP contribution in [0.5, 0.6) is 11.5 Å². The van der Waals surface area contributed by atoms with Crippen molar-refractivity contribution >= 4 is 35.6 Å². The number of piperidine rings is 1.